The Morgan fingerprint density at radius 2 is 2.00 bits per heavy atom. The lowest BCUT2D eigenvalue weighted by molar-refractivity contribution is 0.884. The summed E-state index contributed by atoms with van der Waals surface area (Å²) in [6, 6.07) is 9.15. The van der Waals surface area contributed by atoms with E-state index in [9.17, 15) is 0 Å². The molecule has 1 aromatic carbocycles. The molecule has 2 aromatic rings. The third-order valence-corrected chi connectivity index (χ3v) is 3.16. The van der Waals surface area contributed by atoms with Crippen molar-refractivity contribution in [3.63, 3.8) is 0 Å². The van der Waals surface area contributed by atoms with Gasteiger partial charge in [-0.15, -0.1) is 0 Å². The number of benzene rings is 1. The lowest BCUT2D eigenvalue weighted by Crippen LogP contribution is -2.07. The second kappa shape index (κ2) is 5.46. The largest absolute Gasteiger partial charge is 0.384 e. The van der Waals surface area contributed by atoms with E-state index in [1.54, 1.807) is 18.3 Å². The maximum atomic E-state index is 6.16. The summed E-state index contributed by atoms with van der Waals surface area (Å²) in [6.45, 7) is 2.02. The molecule has 3 N–H and O–H groups in total. The van der Waals surface area contributed by atoms with Crippen LogP contribution in [0.5, 0.6) is 0 Å². The molecule has 1 unspecified atom stereocenters. The second-order valence-corrected chi connectivity index (χ2v) is 4.84. The Bertz CT molecular complexity index is 558. The maximum Gasteiger partial charge on any atom is 0.125 e. The van der Waals surface area contributed by atoms with Crippen LogP contribution in [0.3, 0.4) is 0 Å². The van der Waals surface area contributed by atoms with Crippen molar-refractivity contribution >= 4 is 34.7 Å². The lowest BCUT2D eigenvalue weighted by Gasteiger charge is -2.17. The molecular weight excluding hydrogens is 269 g/mol. The molecule has 18 heavy (non-hydrogen) atoms. The van der Waals surface area contributed by atoms with Crippen molar-refractivity contribution in [1.29, 1.82) is 0 Å². The van der Waals surface area contributed by atoms with E-state index in [0.29, 0.717) is 15.9 Å². The molecule has 94 valence electrons. The Labute approximate surface area is 116 Å². The predicted octanol–water partition coefficient (Wildman–Crippen LogP) is 4.14. The van der Waals surface area contributed by atoms with Gasteiger partial charge in [0.25, 0.3) is 0 Å². The molecule has 1 aromatic heterocycles. The van der Waals surface area contributed by atoms with E-state index in [0.717, 1.165) is 11.3 Å². The van der Waals surface area contributed by atoms with Gasteiger partial charge >= 0.3 is 0 Å². The van der Waals surface area contributed by atoms with Gasteiger partial charge in [-0.2, -0.15) is 0 Å². The fourth-order valence-corrected chi connectivity index (χ4v) is 2.29. The lowest BCUT2D eigenvalue weighted by atomic mass is 10.1. The molecule has 0 radical (unpaired) electrons. The van der Waals surface area contributed by atoms with E-state index in [2.05, 4.69) is 10.3 Å². The van der Waals surface area contributed by atoms with Crippen molar-refractivity contribution in [2.45, 2.75) is 13.0 Å². The molecule has 0 saturated carbocycles. The van der Waals surface area contributed by atoms with Crippen molar-refractivity contribution in [3.05, 3.63) is 52.1 Å². The Balaban J connectivity index is 2.19. The fourth-order valence-electron chi connectivity index (χ4n) is 1.72. The normalized spacial score (nSPS) is 12.2. The van der Waals surface area contributed by atoms with Crippen LogP contribution in [-0.4, -0.2) is 4.98 Å². The van der Waals surface area contributed by atoms with Gasteiger partial charge in [-0.25, -0.2) is 4.98 Å². The van der Waals surface area contributed by atoms with E-state index in [-0.39, 0.29) is 6.04 Å². The van der Waals surface area contributed by atoms with Gasteiger partial charge < -0.3 is 11.1 Å². The van der Waals surface area contributed by atoms with Gasteiger partial charge in [-0.1, -0.05) is 29.3 Å². The number of aromatic nitrogens is 1. The number of rotatable bonds is 3. The summed E-state index contributed by atoms with van der Waals surface area (Å²) in [5, 5.41) is 4.58. The molecule has 3 nitrogen and oxygen atoms in total. The SMILES string of the molecule is CC(Nc1ccnc(N)c1)c1ccc(Cl)cc1Cl. The first-order chi connectivity index (χ1) is 8.56. The highest BCUT2D eigenvalue weighted by molar-refractivity contribution is 6.35. The minimum atomic E-state index is 0.0524. The summed E-state index contributed by atoms with van der Waals surface area (Å²) in [7, 11) is 0. The van der Waals surface area contributed by atoms with E-state index in [4.69, 9.17) is 28.9 Å². The Hall–Kier alpha value is -1.45. The minimum absolute atomic E-state index is 0.0524. The molecule has 0 aliphatic rings. The monoisotopic (exact) mass is 281 g/mol. The van der Waals surface area contributed by atoms with Gasteiger partial charge in [-0.3, -0.25) is 0 Å². The average molecular weight is 282 g/mol. The summed E-state index contributed by atoms with van der Waals surface area (Å²) in [5.41, 5.74) is 7.51. The molecular formula is C13H13Cl2N3. The smallest absolute Gasteiger partial charge is 0.125 e. The van der Waals surface area contributed by atoms with Crippen LogP contribution in [0.25, 0.3) is 0 Å². The summed E-state index contributed by atoms with van der Waals surface area (Å²) >= 11 is 12.0. The molecule has 0 aliphatic carbocycles. The van der Waals surface area contributed by atoms with Crippen molar-refractivity contribution in [1.82, 2.24) is 4.98 Å². The number of nitrogens with zero attached hydrogens (tertiary/aromatic N) is 1. The standard InChI is InChI=1S/C13H13Cl2N3/c1-8(11-3-2-9(14)6-12(11)15)18-10-4-5-17-13(16)7-10/h2-8H,1H3,(H3,16,17,18). The molecule has 0 aliphatic heterocycles. The van der Waals surface area contributed by atoms with Crippen LogP contribution in [0.1, 0.15) is 18.5 Å². The van der Waals surface area contributed by atoms with Gasteiger partial charge in [0.1, 0.15) is 5.82 Å². The molecule has 1 atom stereocenters. The third kappa shape index (κ3) is 3.06. The molecule has 0 fully saturated rings. The van der Waals surface area contributed by atoms with Crippen molar-refractivity contribution < 1.29 is 0 Å². The zero-order valence-corrected chi connectivity index (χ0v) is 11.3. The van der Waals surface area contributed by atoms with Crippen LogP contribution in [0.4, 0.5) is 11.5 Å². The van der Waals surface area contributed by atoms with Gasteiger partial charge in [0.2, 0.25) is 0 Å². The average Bonchev–Trinajstić information content (AvgIpc) is 2.28. The molecule has 5 heteroatoms. The van der Waals surface area contributed by atoms with Crippen LogP contribution in [0, 0.1) is 0 Å². The zero-order valence-electron chi connectivity index (χ0n) is 9.82. The minimum Gasteiger partial charge on any atom is -0.384 e. The first-order valence-corrected chi connectivity index (χ1v) is 6.25. The molecule has 1 heterocycles. The summed E-state index contributed by atoms with van der Waals surface area (Å²) in [4.78, 5) is 3.94. The number of nitrogen functional groups attached to an aromatic ring is 1. The van der Waals surface area contributed by atoms with Crippen LogP contribution in [-0.2, 0) is 0 Å². The number of pyridine rings is 1. The predicted molar refractivity (Wildman–Crippen MR) is 77.1 cm³/mol. The highest BCUT2D eigenvalue weighted by Crippen LogP contribution is 2.28. The van der Waals surface area contributed by atoms with Crippen LogP contribution < -0.4 is 11.1 Å². The topological polar surface area (TPSA) is 50.9 Å². The van der Waals surface area contributed by atoms with Crippen LogP contribution in [0.2, 0.25) is 10.0 Å². The number of halogens is 2. The quantitative estimate of drug-likeness (QED) is 0.889. The van der Waals surface area contributed by atoms with Crippen molar-refractivity contribution in [3.8, 4) is 0 Å². The van der Waals surface area contributed by atoms with Crippen LogP contribution in [0.15, 0.2) is 36.5 Å². The van der Waals surface area contributed by atoms with Crippen molar-refractivity contribution in [2.75, 3.05) is 11.1 Å². The number of anilines is 2. The highest BCUT2D eigenvalue weighted by Gasteiger charge is 2.10. The van der Waals surface area contributed by atoms with Gasteiger partial charge in [-0.05, 0) is 30.7 Å². The van der Waals surface area contributed by atoms with E-state index in [1.807, 2.05) is 25.1 Å². The van der Waals surface area contributed by atoms with Gasteiger partial charge in [0.15, 0.2) is 0 Å². The molecule has 0 bridgehead atoms. The summed E-state index contributed by atoms with van der Waals surface area (Å²) in [6.07, 6.45) is 1.66. The first-order valence-electron chi connectivity index (χ1n) is 5.49. The summed E-state index contributed by atoms with van der Waals surface area (Å²) in [5.74, 6) is 0.481. The van der Waals surface area contributed by atoms with Crippen molar-refractivity contribution in [2.24, 2.45) is 0 Å². The molecule has 0 amide bonds. The molecule has 2 rings (SSSR count). The van der Waals surface area contributed by atoms with E-state index in [1.165, 1.54) is 0 Å². The van der Waals surface area contributed by atoms with E-state index < -0.39 is 0 Å². The Morgan fingerprint density at radius 3 is 2.67 bits per heavy atom. The highest BCUT2D eigenvalue weighted by atomic mass is 35.5. The Kier molecular flexibility index (Phi) is 3.94. The molecule has 0 spiro atoms. The number of nitrogens with one attached hydrogen (secondary N) is 1. The van der Waals surface area contributed by atoms with Gasteiger partial charge in [0, 0.05) is 34.0 Å². The maximum absolute atomic E-state index is 6.16. The third-order valence-electron chi connectivity index (χ3n) is 2.59. The van der Waals surface area contributed by atoms with Gasteiger partial charge in [0.05, 0.1) is 0 Å². The second-order valence-electron chi connectivity index (χ2n) is 4.00. The number of nitrogens with two attached hydrogens (primary N) is 1. The number of hydrogen-bond acceptors (Lipinski definition) is 3. The summed E-state index contributed by atoms with van der Waals surface area (Å²) < 4.78 is 0. The first kappa shape index (κ1) is 13.0. The van der Waals surface area contributed by atoms with E-state index >= 15 is 0 Å². The Morgan fingerprint density at radius 1 is 1.22 bits per heavy atom. The van der Waals surface area contributed by atoms with Crippen LogP contribution >= 0.6 is 23.2 Å². The fraction of sp³-hybridized carbons (Fsp3) is 0.154. The molecule has 0 saturated heterocycles. The number of hydrogen-bond donors (Lipinski definition) is 2. The zero-order chi connectivity index (χ0) is 13.1.